The van der Waals surface area contributed by atoms with Gasteiger partial charge in [0, 0.05) is 38.3 Å². The highest BCUT2D eigenvalue weighted by atomic mass is 15.3. The van der Waals surface area contributed by atoms with E-state index < -0.39 is 0 Å². The molecule has 2 heterocycles. The summed E-state index contributed by atoms with van der Waals surface area (Å²) in [7, 11) is 0. The molecular formula is C13H23N5. The number of nitrogens with two attached hydrogens (primary N) is 1. The first kappa shape index (κ1) is 13.2. The lowest BCUT2D eigenvalue weighted by Crippen LogP contribution is -2.53. The minimum atomic E-state index is 0.251. The summed E-state index contributed by atoms with van der Waals surface area (Å²) in [5.74, 6) is 0.959. The van der Waals surface area contributed by atoms with Crippen molar-refractivity contribution in [3.8, 4) is 0 Å². The van der Waals surface area contributed by atoms with Crippen molar-refractivity contribution in [2.45, 2.75) is 32.9 Å². The zero-order valence-corrected chi connectivity index (χ0v) is 11.6. The number of nitrogens with zero attached hydrogens (tertiary/aromatic N) is 4. The van der Waals surface area contributed by atoms with Gasteiger partial charge < -0.3 is 10.6 Å². The van der Waals surface area contributed by atoms with E-state index >= 15 is 0 Å². The lowest BCUT2D eigenvalue weighted by atomic mass is 10.1. The van der Waals surface area contributed by atoms with Gasteiger partial charge in [0.1, 0.15) is 0 Å². The Labute approximate surface area is 109 Å². The summed E-state index contributed by atoms with van der Waals surface area (Å²) in [5, 5.41) is 8.35. The van der Waals surface area contributed by atoms with Crippen LogP contribution in [0.3, 0.4) is 0 Å². The van der Waals surface area contributed by atoms with Gasteiger partial charge >= 0.3 is 0 Å². The third-order valence-electron chi connectivity index (χ3n) is 3.47. The average Bonchev–Trinajstić information content (AvgIpc) is 2.38. The van der Waals surface area contributed by atoms with Gasteiger partial charge in [0.05, 0.1) is 5.69 Å². The van der Waals surface area contributed by atoms with Gasteiger partial charge in [-0.3, -0.25) is 4.90 Å². The SMILES string of the molecule is CC(C)(C)N1CCN(c2ccc(CN)nn2)CC1. The van der Waals surface area contributed by atoms with Crippen LogP contribution in [0.1, 0.15) is 26.5 Å². The molecule has 0 amide bonds. The Morgan fingerprint density at radius 2 is 1.78 bits per heavy atom. The van der Waals surface area contributed by atoms with E-state index in [1.165, 1.54) is 0 Å². The second-order valence-corrected chi connectivity index (χ2v) is 5.73. The minimum absolute atomic E-state index is 0.251. The number of rotatable bonds is 2. The molecule has 0 bridgehead atoms. The normalized spacial score (nSPS) is 18.1. The van der Waals surface area contributed by atoms with E-state index in [4.69, 9.17) is 5.73 Å². The van der Waals surface area contributed by atoms with E-state index in [2.05, 4.69) is 40.8 Å². The summed E-state index contributed by atoms with van der Waals surface area (Å²) < 4.78 is 0. The highest BCUT2D eigenvalue weighted by Crippen LogP contribution is 2.18. The first-order valence-electron chi connectivity index (χ1n) is 6.53. The molecule has 0 radical (unpaired) electrons. The van der Waals surface area contributed by atoms with Crippen LogP contribution < -0.4 is 10.6 Å². The molecule has 2 rings (SSSR count). The van der Waals surface area contributed by atoms with Gasteiger partial charge in [0.25, 0.3) is 0 Å². The maximum Gasteiger partial charge on any atom is 0.151 e. The first-order valence-corrected chi connectivity index (χ1v) is 6.53. The van der Waals surface area contributed by atoms with Crippen LogP contribution in [0.4, 0.5) is 5.82 Å². The van der Waals surface area contributed by atoms with E-state index in [0.29, 0.717) is 6.54 Å². The summed E-state index contributed by atoms with van der Waals surface area (Å²) in [5.41, 5.74) is 6.61. The van der Waals surface area contributed by atoms with Crippen LogP contribution in [-0.2, 0) is 6.54 Å². The Bertz CT molecular complexity index is 373. The molecule has 0 aliphatic carbocycles. The Kier molecular flexibility index (Phi) is 3.82. The molecule has 18 heavy (non-hydrogen) atoms. The van der Waals surface area contributed by atoms with E-state index in [0.717, 1.165) is 37.7 Å². The smallest absolute Gasteiger partial charge is 0.151 e. The standard InChI is InChI=1S/C13H23N5/c1-13(2,3)18-8-6-17(7-9-18)12-5-4-11(10-14)15-16-12/h4-5H,6-10,14H2,1-3H3. The Morgan fingerprint density at radius 3 is 2.22 bits per heavy atom. The fraction of sp³-hybridized carbons (Fsp3) is 0.692. The molecule has 100 valence electrons. The van der Waals surface area contributed by atoms with Crippen LogP contribution in [0.5, 0.6) is 0 Å². The van der Waals surface area contributed by atoms with Crippen LogP contribution in [0, 0.1) is 0 Å². The second-order valence-electron chi connectivity index (χ2n) is 5.73. The highest BCUT2D eigenvalue weighted by Gasteiger charge is 2.26. The number of aromatic nitrogens is 2. The third kappa shape index (κ3) is 2.97. The summed E-state index contributed by atoms with van der Waals surface area (Å²) in [6, 6.07) is 3.97. The maximum absolute atomic E-state index is 5.52. The molecule has 1 saturated heterocycles. The summed E-state index contributed by atoms with van der Waals surface area (Å²) in [4.78, 5) is 4.79. The summed E-state index contributed by atoms with van der Waals surface area (Å²) in [6.45, 7) is 11.4. The molecule has 0 aromatic carbocycles. The number of hydrogen-bond acceptors (Lipinski definition) is 5. The third-order valence-corrected chi connectivity index (χ3v) is 3.47. The number of piperazine rings is 1. The van der Waals surface area contributed by atoms with Crippen molar-refractivity contribution in [2.24, 2.45) is 5.73 Å². The van der Waals surface area contributed by atoms with Crippen molar-refractivity contribution in [1.29, 1.82) is 0 Å². The zero-order valence-electron chi connectivity index (χ0n) is 11.6. The molecule has 5 nitrogen and oxygen atoms in total. The van der Waals surface area contributed by atoms with Crippen molar-refractivity contribution in [1.82, 2.24) is 15.1 Å². The molecule has 2 N–H and O–H groups in total. The molecular weight excluding hydrogens is 226 g/mol. The maximum atomic E-state index is 5.52. The Morgan fingerprint density at radius 1 is 1.11 bits per heavy atom. The lowest BCUT2D eigenvalue weighted by Gasteiger charge is -2.42. The van der Waals surface area contributed by atoms with Gasteiger partial charge in [-0.15, -0.1) is 5.10 Å². The molecule has 0 unspecified atom stereocenters. The van der Waals surface area contributed by atoms with Gasteiger partial charge in [-0.1, -0.05) is 0 Å². The monoisotopic (exact) mass is 249 g/mol. The van der Waals surface area contributed by atoms with Crippen LogP contribution in [0.2, 0.25) is 0 Å². The van der Waals surface area contributed by atoms with E-state index in [1.807, 2.05) is 12.1 Å². The molecule has 1 aliphatic heterocycles. The highest BCUT2D eigenvalue weighted by molar-refractivity contribution is 5.38. The number of anilines is 1. The summed E-state index contributed by atoms with van der Waals surface area (Å²) >= 11 is 0. The van der Waals surface area contributed by atoms with Gasteiger partial charge in [0.15, 0.2) is 5.82 Å². The minimum Gasteiger partial charge on any atom is -0.353 e. The fourth-order valence-corrected chi connectivity index (χ4v) is 2.24. The molecule has 0 atom stereocenters. The molecule has 1 fully saturated rings. The van der Waals surface area contributed by atoms with Crippen molar-refractivity contribution in [3.63, 3.8) is 0 Å². The Hall–Kier alpha value is -1.20. The van der Waals surface area contributed by atoms with E-state index in [-0.39, 0.29) is 5.54 Å². The van der Waals surface area contributed by atoms with Crippen LogP contribution in [0.25, 0.3) is 0 Å². The van der Waals surface area contributed by atoms with E-state index in [1.54, 1.807) is 0 Å². The van der Waals surface area contributed by atoms with Gasteiger partial charge in [-0.25, -0.2) is 0 Å². The summed E-state index contributed by atoms with van der Waals surface area (Å²) in [6.07, 6.45) is 0. The van der Waals surface area contributed by atoms with Gasteiger partial charge in [-0.2, -0.15) is 5.10 Å². The van der Waals surface area contributed by atoms with Gasteiger partial charge in [0.2, 0.25) is 0 Å². The van der Waals surface area contributed by atoms with Crippen molar-refractivity contribution in [3.05, 3.63) is 17.8 Å². The van der Waals surface area contributed by atoms with Crippen molar-refractivity contribution in [2.75, 3.05) is 31.1 Å². The van der Waals surface area contributed by atoms with Crippen molar-refractivity contribution >= 4 is 5.82 Å². The van der Waals surface area contributed by atoms with Crippen molar-refractivity contribution < 1.29 is 0 Å². The lowest BCUT2D eigenvalue weighted by molar-refractivity contribution is 0.128. The van der Waals surface area contributed by atoms with Gasteiger partial charge in [-0.05, 0) is 32.9 Å². The predicted octanol–water partition coefficient (Wildman–Crippen LogP) is 0.856. The first-order chi connectivity index (χ1) is 8.50. The molecule has 0 saturated carbocycles. The molecule has 1 aliphatic rings. The van der Waals surface area contributed by atoms with Crippen LogP contribution >= 0.6 is 0 Å². The fourth-order valence-electron chi connectivity index (χ4n) is 2.24. The zero-order chi connectivity index (χ0) is 13.2. The predicted molar refractivity (Wildman–Crippen MR) is 73.5 cm³/mol. The quantitative estimate of drug-likeness (QED) is 0.842. The Balaban J connectivity index is 1.96. The topological polar surface area (TPSA) is 58.3 Å². The molecule has 0 spiro atoms. The van der Waals surface area contributed by atoms with E-state index in [9.17, 15) is 0 Å². The average molecular weight is 249 g/mol. The number of hydrogen-bond donors (Lipinski definition) is 1. The van der Waals surface area contributed by atoms with Crippen LogP contribution in [-0.4, -0.2) is 46.8 Å². The molecule has 1 aromatic heterocycles. The largest absolute Gasteiger partial charge is 0.353 e. The second kappa shape index (κ2) is 5.20. The molecule has 5 heteroatoms. The van der Waals surface area contributed by atoms with Crippen LogP contribution in [0.15, 0.2) is 12.1 Å². The molecule has 1 aromatic rings.